The third kappa shape index (κ3) is 5.24. The molecule has 8 nitrogen and oxygen atoms in total. The summed E-state index contributed by atoms with van der Waals surface area (Å²) in [6, 6.07) is 21.2. The van der Waals surface area contributed by atoms with Gasteiger partial charge in [0.2, 0.25) is 0 Å². The van der Waals surface area contributed by atoms with Crippen LogP contribution in [0.4, 0.5) is 0 Å². The summed E-state index contributed by atoms with van der Waals surface area (Å²) in [6.45, 7) is -0.667. The van der Waals surface area contributed by atoms with E-state index in [1.807, 2.05) is 30.3 Å². The van der Waals surface area contributed by atoms with Gasteiger partial charge in [-0.15, -0.1) is 0 Å². The van der Waals surface area contributed by atoms with Crippen molar-refractivity contribution in [2.75, 3.05) is 13.2 Å². The highest BCUT2D eigenvalue weighted by atomic mass is 35.5. The minimum atomic E-state index is -0.922. The SMILES string of the molecule is O=NCC(CO)N1C(=O)c2ccccc2[C@@H](C(=O)NOCc2ccccc2)[C@@H]1c1ccc(Cl)cc1. The van der Waals surface area contributed by atoms with Crippen LogP contribution in [0.15, 0.2) is 84.0 Å². The zero-order valence-corrected chi connectivity index (χ0v) is 19.5. The molecule has 2 N–H and O–H groups in total. The highest BCUT2D eigenvalue weighted by Crippen LogP contribution is 2.44. The number of hydrogen-bond donors (Lipinski definition) is 2. The number of nitrogens with zero attached hydrogens (tertiary/aromatic N) is 2. The maximum atomic E-state index is 13.6. The molecule has 1 heterocycles. The van der Waals surface area contributed by atoms with Gasteiger partial charge in [-0.3, -0.25) is 14.4 Å². The lowest BCUT2D eigenvalue weighted by atomic mass is 9.78. The van der Waals surface area contributed by atoms with E-state index in [0.29, 0.717) is 21.7 Å². The number of amides is 2. The molecule has 0 saturated heterocycles. The molecule has 0 saturated carbocycles. The number of aliphatic hydroxyl groups excluding tert-OH is 1. The molecule has 0 radical (unpaired) electrons. The number of carbonyl (C=O) groups is 2. The summed E-state index contributed by atoms with van der Waals surface area (Å²) in [5.41, 5.74) is 4.85. The van der Waals surface area contributed by atoms with Gasteiger partial charge in [-0.05, 0) is 34.9 Å². The van der Waals surface area contributed by atoms with Gasteiger partial charge >= 0.3 is 0 Å². The second-order valence-electron chi connectivity index (χ2n) is 8.16. The Kier molecular flexibility index (Phi) is 7.87. The highest BCUT2D eigenvalue weighted by molar-refractivity contribution is 6.30. The predicted octanol–water partition coefficient (Wildman–Crippen LogP) is 4.00. The van der Waals surface area contributed by atoms with Crippen LogP contribution in [0.5, 0.6) is 0 Å². The van der Waals surface area contributed by atoms with Crippen molar-refractivity contribution in [1.82, 2.24) is 10.4 Å². The largest absolute Gasteiger partial charge is 0.394 e. The number of benzene rings is 3. The van der Waals surface area contributed by atoms with Crippen molar-refractivity contribution in [3.63, 3.8) is 0 Å². The molecule has 0 fully saturated rings. The fourth-order valence-corrected chi connectivity index (χ4v) is 4.52. The topological polar surface area (TPSA) is 108 Å². The van der Waals surface area contributed by atoms with Gasteiger partial charge in [0.1, 0.15) is 6.54 Å². The van der Waals surface area contributed by atoms with Crippen molar-refractivity contribution >= 4 is 23.4 Å². The molecular formula is C26H24ClN3O5. The Balaban J connectivity index is 1.75. The Bertz CT molecular complexity index is 1190. The molecule has 0 aliphatic carbocycles. The van der Waals surface area contributed by atoms with Crippen molar-refractivity contribution in [3.8, 4) is 0 Å². The van der Waals surface area contributed by atoms with Crippen LogP contribution in [0.2, 0.25) is 5.02 Å². The van der Waals surface area contributed by atoms with Gasteiger partial charge in [0, 0.05) is 10.6 Å². The van der Waals surface area contributed by atoms with E-state index in [1.165, 1.54) is 4.90 Å². The molecule has 2 amide bonds. The predicted molar refractivity (Wildman–Crippen MR) is 130 cm³/mol. The smallest absolute Gasteiger partial charge is 0.255 e. The van der Waals surface area contributed by atoms with Crippen LogP contribution in [0.1, 0.15) is 39.0 Å². The van der Waals surface area contributed by atoms with Gasteiger partial charge in [0.25, 0.3) is 11.8 Å². The molecule has 4 rings (SSSR count). The van der Waals surface area contributed by atoms with Gasteiger partial charge < -0.3 is 10.0 Å². The van der Waals surface area contributed by atoms with Gasteiger partial charge in [0.15, 0.2) is 0 Å². The molecule has 9 heteroatoms. The number of nitrogens with one attached hydrogen (secondary N) is 1. The second kappa shape index (κ2) is 11.2. The van der Waals surface area contributed by atoms with Crippen LogP contribution in [0.3, 0.4) is 0 Å². The van der Waals surface area contributed by atoms with Crippen molar-refractivity contribution in [1.29, 1.82) is 0 Å². The van der Waals surface area contributed by atoms with E-state index in [1.54, 1.807) is 48.5 Å². The maximum Gasteiger partial charge on any atom is 0.255 e. The first kappa shape index (κ1) is 24.5. The Morgan fingerprint density at radius 2 is 1.74 bits per heavy atom. The van der Waals surface area contributed by atoms with Crippen LogP contribution >= 0.6 is 11.6 Å². The summed E-state index contributed by atoms with van der Waals surface area (Å²) < 4.78 is 0. The first-order valence-corrected chi connectivity index (χ1v) is 11.5. The van der Waals surface area contributed by atoms with Crippen molar-refractivity contribution in [2.45, 2.75) is 24.6 Å². The fraction of sp³-hybridized carbons (Fsp3) is 0.231. The molecule has 0 bridgehead atoms. The summed E-state index contributed by atoms with van der Waals surface area (Å²) in [4.78, 5) is 45.2. The first-order chi connectivity index (χ1) is 17.0. The molecule has 0 spiro atoms. The van der Waals surface area contributed by atoms with Crippen LogP contribution in [0, 0.1) is 4.91 Å². The van der Waals surface area contributed by atoms with Gasteiger partial charge in [0.05, 0.1) is 31.2 Å². The monoisotopic (exact) mass is 493 g/mol. The summed E-state index contributed by atoms with van der Waals surface area (Å²) in [7, 11) is 0. The number of rotatable bonds is 9. The number of hydroxylamine groups is 1. The summed E-state index contributed by atoms with van der Waals surface area (Å²) in [5.74, 6) is -1.76. The molecule has 3 aromatic carbocycles. The molecule has 1 unspecified atom stereocenters. The lowest BCUT2D eigenvalue weighted by molar-refractivity contribution is -0.138. The molecule has 180 valence electrons. The highest BCUT2D eigenvalue weighted by Gasteiger charge is 2.46. The number of carbonyl (C=O) groups excluding carboxylic acids is 2. The lowest BCUT2D eigenvalue weighted by Gasteiger charge is -2.44. The van der Waals surface area contributed by atoms with E-state index in [2.05, 4.69) is 10.7 Å². The van der Waals surface area contributed by atoms with Crippen molar-refractivity contribution in [3.05, 3.63) is 111 Å². The van der Waals surface area contributed by atoms with E-state index in [-0.39, 0.29) is 13.2 Å². The van der Waals surface area contributed by atoms with Gasteiger partial charge in [-0.2, -0.15) is 4.91 Å². The zero-order valence-electron chi connectivity index (χ0n) is 18.7. The molecule has 0 aromatic heterocycles. The maximum absolute atomic E-state index is 13.6. The average Bonchev–Trinajstić information content (AvgIpc) is 2.88. The molecule has 35 heavy (non-hydrogen) atoms. The number of fused-ring (bicyclic) bond motifs is 1. The van der Waals surface area contributed by atoms with E-state index in [0.717, 1.165) is 5.56 Å². The number of halogens is 1. The molecule has 3 atom stereocenters. The minimum absolute atomic E-state index is 0.156. The Morgan fingerprint density at radius 1 is 1.06 bits per heavy atom. The standard InChI is InChI=1S/C26H24ClN3O5/c27-19-12-10-18(11-13-19)24-23(25(32)29-35-16-17-6-2-1-3-7-17)21-8-4-5-9-22(21)26(33)30(24)20(15-31)14-28-34/h1-13,20,23-24,31H,14-16H2,(H,29,32)/t20?,23-,24+/m1/s1. The molecule has 1 aliphatic rings. The summed E-state index contributed by atoms with van der Waals surface area (Å²) >= 11 is 6.09. The summed E-state index contributed by atoms with van der Waals surface area (Å²) in [6.07, 6.45) is 0. The van der Waals surface area contributed by atoms with Gasteiger partial charge in [-0.25, -0.2) is 5.48 Å². The summed E-state index contributed by atoms with van der Waals surface area (Å²) in [5, 5.41) is 13.4. The number of nitroso groups, excluding NO2 is 1. The normalized spacial score (nSPS) is 18.0. The lowest BCUT2D eigenvalue weighted by Crippen LogP contribution is -2.53. The van der Waals surface area contributed by atoms with Gasteiger partial charge in [-0.1, -0.05) is 77.4 Å². The van der Waals surface area contributed by atoms with Crippen molar-refractivity contribution < 1.29 is 19.5 Å². The average molecular weight is 494 g/mol. The van der Waals surface area contributed by atoms with Crippen LogP contribution in [-0.4, -0.2) is 41.0 Å². The molecular weight excluding hydrogens is 470 g/mol. The Labute approximate surface area is 207 Å². The fourth-order valence-electron chi connectivity index (χ4n) is 4.40. The van der Waals surface area contributed by atoms with Crippen LogP contribution < -0.4 is 5.48 Å². The quantitative estimate of drug-likeness (QED) is 0.346. The number of hydrogen-bond acceptors (Lipinski definition) is 6. The molecule has 1 aliphatic heterocycles. The van der Waals surface area contributed by atoms with Crippen LogP contribution in [-0.2, 0) is 16.2 Å². The Morgan fingerprint density at radius 3 is 2.43 bits per heavy atom. The Hall–Kier alpha value is -3.59. The second-order valence-corrected chi connectivity index (χ2v) is 8.60. The zero-order chi connectivity index (χ0) is 24.8. The third-order valence-electron chi connectivity index (χ3n) is 6.01. The van der Waals surface area contributed by atoms with E-state index >= 15 is 0 Å². The van der Waals surface area contributed by atoms with E-state index < -0.39 is 36.4 Å². The first-order valence-electron chi connectivity index (χ1n) is 11.1. The van der Waals surface area contributed by atoms with E-state index in [4.69, 9.17) is 16.4 Å². The third-order valence-corrected chi connectivity index (χ3v) is 6.27. The minimum Gasteiger partial charge on any atom is -0.394 e. The number of aliphatic hydroxyl groups is 1. The molecule has 3 aromatic rings. The van der Waals surface area contributed by atoms with Crippen LogP contribution in [0.25, 0.3) is 0 Å². The van der Waals surface area contributed by atoms with E-state index in [9.17, 15) is 19.6 Å². The van der Waals surface area contributed by atoms with Crippen molar-refractivity contribution in [2.24, 2.45) is 5.18 Å².